The van der Waals surface area contributed by atoms with Gasteiger partial charge < -0.3 is 14.8 Å². The van der Waals surface area contributed by atoms with Gasteiger partial charge in [-0.05, 0) is 36.4 Å². The van der Waals surface area contributed by atoms with Crippen molar-refractivity contribution in [1.82, 2.24) is 0 Å². The number of carboxylic acid groups (broad SMARTS) is 1. The average molecular weight is 384 g/mol. The summed E-state index contributed by atoms with van der Waals surface area (Å²) in [4.78, 5) is 23.2. The molecule has 0 aliphatic rings. The van der Waals surface area contributed by atoms with Gasteiger partial charge in [-0.3, -0.25) is 4.79 Å². The predicted octanol–water partition coefficient (Wildman–Crippen LogP) is 5.06. The lowest BCUT2D eigenvalue weighted by Gasteiger charge is -2.11. The molecule has 9 heteroatoms. The molecule has 0 saturated heterocycles. The SMILES string of the molecule is O=C(Nc1cc(Cl)cc(C(F)(F)F)c1)c1ccc2cc(C(=O)O)oc2c1. The number of aromatic carboxylic acids is 1. The molecule has 0 radical (unpaired) electrons. The highest BCUT2D eigenvalue weighted by molar-refractivity contribution is 6.31. The standard InChI is InChI=1S/C17H9ClF3NO4/c18-11-5-10(17(19,20)21)6-12(7-11)22-15(23)9-2-1-8-3-14(16(24)25)26-13(8)4-9/h1-7H,(H,22,23)(H,24,25). The summed E-state index contributed by atoms with van der Waals surface area (Å²) in [5.74, 6) is -2.25. The van der Waals surface area contributed by atoms with E-state index in [4.69, 9.17) is 21.1 Å². The first-order valence-electron chi connectivity index (χ1n) is 7.09. The van der Waals surface area contributed by atoms with Gasteiger partial charge in [0.05, 0.1) is 5.56 Å². The van der Waals surface area contributed by atoms with Crippen LogP contribution in [0, 0.1) is 0 Å². The number of furan rings is 1. The number of alkyl halides is 3. The van der Waals surface area contributed by atoms with Crippen LogP contribution >= 0.6 is 11.6 Å². The Hall–Kier alpha value is -3.00. The smallest absolute Gasteiger partial charge is 0.416 e. The van der Waals surface area contributed by atoms with Crippen LogP contribution in [0.3, 0.4) is 0 Å². The van der Waals surface area contributed by atoms with Gasteiger partial charge in [0.25, 0.3) is 5.91 Å². The van der Waals surface area contributed by atoms with Crippen LogP contribution in [-0.4, -0.2) is 17.0 Å². The Kier molecular flexibility index (Phi) is 4.37. The van der Waals surface area contributed by atoms with Gasteiger partial charge in [0.2, 0.25) is 5.76 Å². The van der Waals surface area contributed by atoms with Crippen molar-refractivity contribution in [3.8, 4) is 0 Å². The summed E-state index contributed by atoms with van der Waals surface area (Å²) in [6.07, 6.45) is -4.61. The summed E-state index contributed by atoms with van der Waals surface area (Å²) in [6.45, 7) is 0. The van der Waals surface area contributed by atoms with Gasteiger partial charge in [-0.2, -0.15) is 13.2 Å². The second-order valence-corrected chi connectivity index (χ2v) is 5.79. The van der Waals surface area contributed by atoms with Gasteiger partial charge in [-0.1, -0.05) is 17.7 Å². The fourth-order valence-electron chi connectivity index (χ4n) is 2.31. The lowest BCUT2D eigenvalue weighted by atomic mass is 10.1. The van der Waals surface area contributed by atoms with Gasteiger partial charge in [0, 0.05) is 21.7 Å². The molecule has 0 aliphatic heterocycles. The van der Waals surface area contributed by atoms with E-state index in [9.17, 15) is 22.8 Å². The normalized spacial score (nSPS) is 11.5. The number of hydrogen-bond acceptors (Lipinski definition) is 3. The van der Waals surface area contributed by atoms with Gasteiger partial charge in [0.15, 0.2) is 0 Å². The first-order valence-corrected chi connectivity index (χ1v) is 7.47. The number of hydrogen-bond donors (Lipinski definition) is 2. The lowest BCUT2D eigenvalue weighted by Crippen LogP contribution is -2.13. The molecule has 26 heavy (non-hydrogen) atoms. The van der Waals surface area contributed by atoms with E-state index in [1.807, 2.05) is 0 Å². The van der Waals surface area contributed by atoms with E-state index in [2.05, 4.69) is 5.32 Å². The molecule has 5 nitrogen and oxygen atoms in total. The molecule has 0 saturated carbocycles. The van der Waals surface area contributed by atoms with E-state index >= 15 is 0 Å². The van der Waals surface area contributed by atoms with Crippen molar-refractivity contribution in [1.29, 1.82) is 0 Å². The van der Waals surface area contributed by atoms with Crippen molar-refractivity contribution in [2.75, 3.05) is 5.32 Å². The second kappa shape index (κ2) is 6.38. The van der Waals surface area contributed by atoms with Crippen LogP contribution < -0.4 is 5.32 Å². The van der Waals surface area contributed by atoms with Gasteiger partial charge in [-0.15, -0.1) is 0 Å². The molecular formula is C17H9ClF3NO4. The highest BCUT2D eigenvalue weighted by atomic mass is 35.5. The molecule has 0 aliphatic carbocycles. The molecule has 1 amide bonds. The number of fused-ring (bicyclic) bond motifs is 1. The number of benzene rings is 2. The van der Waals surface area contributed by atoms with Gasteiger partial charge >= 0.3 is 12.1 Å². The number of amides is 1. The van der Waals surface area contributed by atoms with Gasteiger partial charge in [-0.25, -0.2) is 4.79 Å². The van der Waals surface area contributed by atoms with Crippen LogP contribution in [0.5, 0.6) is 0 Å². The highest BCUT2D eigenvalue weighted by Crippen LogP contribution is 2.33. The van der Waals surface area contributed by atoms with Crippen LogP contribution in [0.2, 0.25) is 5.02 Å². The fourth-order valence-corrected chi connectivity index (χ4v) is 2.54. The molecule has 3 rings (SSSR count). The first-order chi connectivity index (χ1) is 12.1. The van der Waals surface area contributed by atoms with E-state index in [1.54, 1.807) is 0 Å². The lowest BCUT2D eigenvalue weighted by molar-refractivity contribution is -0.137. The third-order valence-electron chi connectivity index (χ3n) is 3.48. The zero-order chi connectivity index (χ0) is 19.1. The van der Waals surface area contributed by atoms with E-state index in [1.165, 1.54) is 30.3 Å². The Balaban J connectivity index is 1.89. The number of carbonyl (C=O) groups is 2. The first kappa shape index (κ1) is 17.8. The molecule has 3 aromatic rings. The van der Waals surface area contributed by atoms with Crippen LogP contribution in [0.1, 0.15) is 26.5 Å². The monoisotopic (exact) mass is 383 g/mol. The van der Waals surface area contributed by atoms with Crippen LogP contribution in [0.4, 0.5) is 18.9 Å². The molecule has 1 heterocycles. The van der Waals surface area contributed by atoms with Crippen LogP contribution in [-0.2, 0) is 6.18 Å². The van der Waals surface area contributed by atoms with Crippen molar-refractivity contribution in [3.63, 3.8) is 0 Å². The minimum atomic E-state index is -4.61. The second-order valence-electron chi connectivity index (χ2n) is 5.35. The number of carboxylic acids is 1. The molecular weight excluding hydrogens is 375 g/mol. The number of anilines is 1. The van der Waals surface area contributed by atoms with Crippen LogP contribution in [0.15, 0.2) is 46.9 Å². The third kappa shape index (κ3) is 3.65. The maximum absolute atomic E-state index is 12.8. The number of nitrogens with one attached hydrogen (secondary N) is 1. The van der Waals surface area contributed by atoms with Crippen molar-refractivity contribution in [2.24, 2.45) is 0 Å². The summed E-state index contributed by atoms with van der Waals surface area (Å²) < 4.78 is 43.6. The third-order valence-corrected chi connectivity index (χ3v) is 3.69. The summed E-state index contributed by atoms with van der Waals surface area (Å²) in [6, 6.07) is 8.16. The molecule has 0 atom stereocenters. The molecule has 2 aromatic carbocycles. The molecule has 2 N–H and O–H groups in total. The number of rotatable bonds is 3. The Morgan fingerprint density at radius 2 is 1.81 bits per heavy atom. The van der Waals surface area contributed by atoms with E-state index < -0.39 is 23.6 Å². The largest absolute Gasteiger partial charge is 0.475 e. The summed E-state index contributed by atoms with van der Waals surface area (Å²) >= 11 is 5.67. The maximum atomic E-state index is 12.8. The summed E-state index contributed by atoms with van der Waals surface area (Å²) in [7, 11) is 0. The van der Waals surface area contributed by atoms with Crippen LogP contribution in [0.25, 0.3) is 11.0 Å². The van der Waals surface area contributed by atoms with Crippen molar-refractivity contribution >= 4 is 40.1 Å². The minimum Gasteiger partial charge on any atom is -0.475 e. The average Bonchev–Trinajstić information content (AvgIpc) is 2.96. The van der Waals surface area contributed by atoms with Gasteiger partial charge in [0.1, 0.15) is 5.58 Å². The maximum Gasteiger partial charge on any atom is 0.416 e. The Morgan fingerprint density at radius 1 is 1.08 bits per heavy atom. The molecule has 0 unspecified atom stereocenters. The minimum absolute atomic E-state index is 0.0809. The topological polar surface area (TPSA) is 79.5 Å². The van der Waals surface area contributed by atoms with E-state index in [0.717, 1.165) is 12.1 Å². The fraction of sp³-hybridized carbons (Fsp3) is 0.0588. The van der Waals surface area contributed by atoms with Crippen molar-refractivity contribution in [2.45, 2.75) is 6.18 Å². The Labute approximate surface area is 149 Å². The molecule has 0 bridgehead atoms. The summed E-state index contributed by atoms with van der Waals surface area (Å²) in [5, 5.41) is 11.5. The Morgan fingerprint density at radius 3 is 2.46 bits per heavy atom. The predicted molar refractivity (Wildman–Crippen MR) is 87.6 cm³/mol. The van der Waals surface area contributed by atoms with E-state index in [-0.39, 0.29) is 27.6 Å². The Bertz CT molecular complexity index is 1030. The highest BCUT2D eigenvalue weighted by Gasteiger charge is 2.31. The molecule has 0 fully saturated rings. The molecule has 0 spiro atoms. The van der Waals surface area contributed by atoms with Crippen molar-refractivity contribution in [3.05, 3.63) is 64.4 Å². The van der Waals surface area contributed by atoms with Crippen molar-refractivity contribution < 1.29 is 32.3 Å². The number of halogens is 4. The molecule has 134 valence electrons. The quantitative estimate of drug-likeness (QED) is 0.663. The zero-order valence-corrected chi connectivity index (χ0v) is 13.5. The van der Waals surface area contributed by atoms with E-state index in [0.29, 0.717) is 5.39 Å². The number of carbonyl (C=O) groups excluding carboxylic acids is 1. The molecule has 1 aromatic heterocycles. The zero-order valence-electron chi connectivity index (χ0n) is 12.7. The summed E-state index contributed by atoms with van der Waals surface area (Å²) in [5.41, 5.74) is -0.872.